The van der Waals surface area contributed by atoms with Gasteiger partial charge in [-0.15, -0.1) is 0 Å². The van der Waals surface area contributed by atoms with E-state index in [9.17, 15) is 5.11 Å². The van der Waals surface area contributed by atoms with Gasteiger partial charge in [0.15, 0.2) is 0 Å². The number of phenols is 1. The molecule has 7 rings (SSSR count). The highest BCUT2D eigenvalue weighted by atomic mass is 16.3. The van der Waals surface area contributed by atoms with Gasteiger partial charge in [-0.1, -0.05) is 45.1 Å². The standard InChI is InChI=1S/C30H43NO/c1-20-7-5-6-10-28(20)31-19-26-14-25(24-8-3-2-4-9-24)15-27(29(26)32)30-16-21-11-22(17-30)13-23(12-21)18-30/h14-15,19-24,28,32H,2-13,16-18H2,1H3. The molecule has 0 saturated heterocycles. The van der Waals surface area contributed by atoms with Crippen LogP contribution in [0, 0.1) is 23.7 Å². The largest absolute Gasteiger partial charge is 0.507 e. The van der Waals surface area contributed by atoms with Crippen molar-refractivity contribution in [2.45, 2.75) is 121 Å². The maximum Gasteiger partial charge on any atom is 0.128 e. The Morgan fingerprint density at radius 1 is 0.844 bits per heavy atom. The molecule has 32 heavy (non-hydrogen) atoms. The van der Waals surface area contributed by atoms with Crippen molar-refractivity contribution in [2.75, 3.05) is 0 Å². The van der Waals surface area contributed by atoms with E-state index < -0.39 is 0 Å². The van der Waals surface area contributed by atoms with E-state index in [1.807, 2.05) is 0 Å². The molecule has 174 valence electrons. The van der Waals surface area contributed by atoms with Gasteiger partial charge < -0.3 is 5.11 Å². The summed E-state index contributed by atoms with van der Waals surface area (Å²) in [5.41, 5.74) is 4.09. The van der Waals surface area contributed by atoms with Crippen LogP contribution in [0.25, 0.3) is 0 Å². The molecule has 6 aliphatic rings. The third kappa shape index (κ3) is 3.84. The summed E-state index contributed by atoms with van der Waals surface area (Å²) in [5, 5.41) is 11.7. The zero-order chi connectivity index (χ0) is 21.7. The van der Waals surface area contributed by atoms with Gasteiger partial charge in [-0.05, 0) is 111 Å². The topological polar surface area (TPSA) is 32.6 Å². The molecular formula is C30H43NO. The number of benzene rings is 1. The van der Waals surface area contributed by atoms with Gasteiger partial charge in [0.05, 0.1) is 6.04 Å². The lowest BCUT2D eigenvalue weighted by atomic mass is 9.48. The van der Waals surface area contributed by atoms with Crippen LogP contribution < -0.4 is 0 Å². The van der Waals surface area contributed by atoms with Gasteiger partial charge in [-0.2, -0.15) is 0 Å². The number of hydrogen-bond donors (Lipinski definition) is 1. The Kier molecular flexibility index (Phi) is 5.63. The van der Waals surface area contributed by atoms with E-state index in [4.69, 9.17) is 4.99 Å². The Hall–Kier alpha value is -1.31. The highest BCUT2D eigenvalue weighted by molar-refractivity contribution is 5.85. The maximum atomic E-state index is 11.7. The highest BCUT2D eigenvalue weighted by Crippen LogP contribution is 2.62. The summed E-state index contributed by atoms with van der Waals surface area (Å²) in [5.74, 6) is 4.64. The Morgan fingerprint density at radius 3 is 2.12 bits per heavy atom. The van der Waals surface area contributed by atoms with Gasteiger partial charge in [0.2, 0.25) is 0 Å². The lowest BCUT2D eigenvalue weighted by Gasteiger charge is -2.57. The van der Waals surface area contributed by atoms with E-state index in [2.05, 4.69) is 25.3 Å². The van der Waals surface area contributed by atoms with Gasteiger partial charge >= 0.3 is 0 Å². The maximum absolute atomic E-state index is 11.7. The lowest BCUT2D eigenvalue weighted by Crippen LogP contribution is -2.48. The quantitative estimate of drug-likeness (QED) is 0.481. The summed E-state index contributed by atoms with van der Waals surface area (Å²) in [4.78, 5) is 5.08. The monoisotopic (exact) mass is 433 g/mol. The van der Waals surface area contributed by atoms with Crippen LogP contribution in [-0.2, 0) is 5.41 Å². The van der Waals surface area contributed by atoms with Crippen LogP contribution in [0.4, 0.5) is 0 Å². The number of nitrogens with zero attached hydrogens (tertiary/aromatic N) is 1. The second-order valence-electron chi connectivity index (χ2n) is 12.6. The average molecular weight is 434 g/mol. The predicted molar refractivity (Wildman–Crippen MR) is 133 cm³/mol. The number of rotatable bonds is 4. The van der Waals surface area contributed by atoms with Crippen LogP contribution in [0.15, 0.2) is 17.1 Å². The van der Waals surface area contributed by atoms with Crippen molar-refractivity contribution >= 4 is 6.21 Å². The van der Waals surface area contributed by atoms with E-state index in [0.29, 0.717) is 23.6 Å². The number of hydrogen-bond acceptors (Lipinski definition) is 2. The minimum absolute atomic E-state index is 0.240. The van der Waals surface area contributed by atoms with E-state index >= 15 is 0 Å². The lowest BCUT2D eigenvalue weighted by molar-refractivity contribution is -0.00619. The van der Waals surface area contributed by atoms with Crippen LogP contribution in [0.5, 0.6) is 5.75 Å². The van der Waals surface area contributed by atoms with Gasteiger partial charge in [0.25, 0.3) is 0 Å². The molecule has 2 unspecified atom stereocenters. The third-order valence-electron chi connectivity index (χ3n) is 10.3. The summed E-state index contributed by atoms with van der Waals surface area (Å²) >= 11 is 0. The Morgan fingerprint density at radius 2 is 1.47 bits per heavy atom. The first-order valence-electron chi connectivity index (χ1n) is 14.0. The third-order valence-corrected chi connectivity index (χ3v) is 10.3. The molecule has 2 heteroatoms. The SMILES string of the molecule is CC1CCCCC1N=Cc1cc(C2CCCCC2)cc(C23CC4CC(CC(C4)C2)C3)c1O. The molecule has 1 N–H and O–H groups in total. The van der Waals surface area contributed by atoms with E-state index in [0.717, 1.165) is 23.3 Å². The molecule has 4 bridgehead atoms. The predicted octanol–water partition coefficient (Wildman–Crippen LogP) is 7.91. The van der Waals surface area contributed by atoms with Crippen molar-refractivity contribution < 1.29 is 5.11 Å². The van der Waals surface area contributed by atoms with Crippen molar-refractivity contribution in [3.05, 3.63) is 28.8 Å². The minimum atomic E-state index is 0.240. The fraction of sp³-hybridized carbons (Fsp3) is 0.767. The molecule has 0 spiro atoms. The molecule has 2 atom stereocenters. The Bertz CT molecular complexity index is 829. The van der Waals surface area contributed by atoms with Gasteiger partial charge in [0.1, 0.15) is 5.75 Å². The van der Waals surface area contributed by atoms with Crippen molar-refractivity contribution in [2.24, 2.45) is 28.7 Å². The fourth-order valence-corrected chi connectivity index (χ4v) is 8.99. The molecule has 0 aliphatic heterocycles. The van der Waals surface area contributed by atoms with Crippen molar-refractivity contribution in [3.8, 4) is 5.75 Å². The number of aromatic hydroxyl groups is 1. The summed E-state index contributed by atoms with van der Waals surface area (Å²) in [6.45, 7) is 2.36. The van der Waals surface area contributed by atoms with Crippen LogP contribution in [-0.4, -0.2) is 17.4 Å². The molecule has 0 heterocycles. The zero-order valence-corrected chi connectivity index (χ0v) is 20.2. The second kappa shape index (κ2) is 8.48. The fourth-order valence-electron chi connectivity index (χ4n) is 8.99. The minimum Gasteiger partial charge on any atom is -0.507 e. The van der Waals surface area contributed by atoms with Crippen molar-refractivity contribution in [1.82, 2.24) is 0 Å². The van der Waals surface area contributed by atoms with E-state index in [-0.39, 0.29) is 5.41 Å². The molecule has 0 aromatic heterocycles. The summed E-state index contributed by atoms with van der Waals surface area (Å²) in [7, 11) is 0. The Labute approximate surface area is 195 Å². The van der Waals surface area contributed by atoms with Crippen LogP contribution in [0.3, 0.4) is 0 Å². The molecule has 0 radical (unpaired) electrons. The summed E-state index contributed by atoms with van der Waals surface area (Å²) < 4.78 is 0. The van der Waals surface area contributed by atoms with E-state index in [1.54, 1.807) is 0 Å². The van der Waals surface area contributed by atoms with Crippen LogP contribution in [0.2, 0.25) is 0 Å². The number of phenolic OH excluding ortho intramolecular Hbond substituents is 1. The molecule has 1 aromatic carbocycles. The average Bonchev–Trinajstić information content (AvgIpc) is 2.79. The molecular weight excluding hydrogens is 390 g/mol. The molecule has 6 aliphatic carbocycles. The summed E-state index contributed by atoms with van der Waals surface area (Å²) in [6.07, 6.45) is 22.3. The second-order valence-corrected chi connectivity index (χ2v) is 12.6. The molecule has 1 aromatic rings. The molecule has 6 saturated carbocycles. The molecule has 0 amide bonds. The highest BCUT2D eigenvalue weighted by Gasteiger charge is 2.52. The normalized spacial score (nSPS) is 39.7. The molecule has 6 fully saturated rings. The summed E-state index contributed by atoms with van der Waals surface area (Å²) in [6, 6.07) is 5.25. The first-order chi connectivity index (χ1) is 15.6. The molecule has 2 nitrogen and oxygen atoms in total. The first-order valence-corrected chi connectivity index (χ1v) is 14.0. The van der Waals surface area contributed by atoms with Crippen molar-refractivity contribution in [1.29, 1.82) is 0 Å². The van der Waals surface area contributed by atoms with Gasteiger partial charge in [-0.25, -0.2) is 0 Å². The van der Waals surface area contributed by atoms with Gasteiger partial charge in [0, 0.05) is 17.3 Å². The van der Waals surface area contributed by atoms with Gasteiger partial charge in [-0.3, -0.25) is 4.99 Å². The van der Waals surface area contributed by atoms with Crippen LogP contribution in [0.1, 0.15) is 126 Å². The Balaban J connectivity index is 1.39. The van der Waals surface area contributed by atoms with Crippen LogP contribution >= 0.6 is 0 Å². The zero-order valence-electron chi connectivity index (χ0n) is 20.2. The van der Waals surface area contributed by atoms with Crippen molar-refractivity contribution in [3.63, 3.8) is 0 Å². The first kappa shape index (κ1) is 21.2. The number of aliphatic imine (C=N–C) groups is 1. The van der Waals surface area contributed by atoms with E-state index in [1.165, 1.54) is 107 Å². The smallest absolute Gasteiger partial charge is 0.128 e.